The summed E-state index contributed by atoms with van der Waals surface area (Å²) in [4.78, 5) is 9.94. The van der Waals surface area contributed by atoms with Crippen molar-refractivity contribution in [1.29, 1.82) is 0 Å². The van der Waals surface area contributed by atoms with Crippen LogP contribution in [-0.2, 0) is 22.5 Å². The van der Waals surface area contributed by atoms with Crippen LogP contribution in [0.3, 0.4) is 0 Å². The van der Waals surface area contributed by atoms with Crippen molar-refractivity contribution in [2.24, 2.45) is 10.3 Å². The first kappa shape index (κ1) is 18.5. The normalized spacial score (nSPS) is 12.4. The maximum Gasteiger partial charge on any atom is 0.416 e. The topological polar surface area (TPSA) is 43.2 Å². The fourth-order valence-corrected chi connectivity index (χ4v) is 2.07. The number of oxime groups is 2. The van der Waals surface area contributed by atoms with Crippen LogP contribution >= 0.6 is 0 Å². The Kier molecular flexibility index (Phi) is 6.16. The van der Waals surface area contributed by atoms with E-state index < -0.39 is 11.7 Å². The molecule has 0 fully saturated rings. The minimum absolute atomic E-state index is 0.155. The Morgan fingerprint density at radius 3 is 2.60 bits per heavy atom. The summed E-state index contributed by atoms with van der Waals surface area (Å²) in [6, 6.07) is 12.3. The van der Waals surface area contributed by atoms with Gasteiger partial charge in [0, 0.05) is 11.1 Å². The van der Waals surface area contributed by atoms with E-state index in [-0.39, 0.29) is 6.61 Å². The molecule has 132 valence electrons. The number of rotatable bonds is 6. The molecule has 0 bridgehead atoms. The van der Waals surface area contributed by atoms with E-state index in [0.29, 0.717) is 11.3 Å². The first-order valence-electron chi connectivity index (χ1n) is 7.40. The molecule has 0 aliphatic heterocycles. The molecule has 0 spiro atoms. The lowest BCUT2D eigenvalue weighted by Gasteiger charge is -2.09. The van der Waals surface area contributed by atoms with E-state index in [1.165, 1.54) is 13.2 Å². The van der Waals surface area contributed by atoms with E-state index in [2.05, 4.69) is 15.1 Å². The average molecular weight is 350 g/mol. The van der Waals surface area contributed by atoms with Crippen LogP contribution in [0, 0.1) is 0 Å². The highest BCUT2D eigenvalue weighted by molar-refractivity contribution is 5.98. The van der Waals surface area contributed by atoms with Gasteiger partial charge in [0.15, 0.2) is 0 Å². The Bertz CT molecular complexity index is 771. The molecule has 2 rings (SSSR count). The lowest BCUT2D eigenvalue weighted by atomic mass is 10.1. The summed E-state index contributed by atoms with van der Waals surface area (Å²) in [5, 5.41) is 7.61. The van der Waals surface area contributed by atoms with Gasteiger partial charge in [-0.15, -0.1) is 0 Å². The van der Waals surface area contributed by atoms with Crippen molar-refractivity contribution in [3.63, 3.8) is 0 Å². The summed E-state index contributed by atoms with van der Waals surface area (Å²) in [6.45, 7) is 1.75. The summed E-state index contributed by atoms with van der Waals surface area (Å²) < 4.78 is 38.3. The molecule has 2 aromatic carbocycles. The van der Waals surface area contributed by atoms with Crippen LogP contribution in [0.15, 0.2) is 58.8 Å². The number of hydrogen-bond donors (Lipinski definition) is 0. The van der Waals surface area contributed by atoms with E-state index in [1.54, 1.807) is 19.2 Å². The zero-order valence-electron chi connectivity index (χ0n) is 13.7. The van der Waals surface area contributed by atoms with Crippen molar-refractivity contribution >= 4 is 11.9 Å². The predicted octanol–water partition coefficient (Wildman–Crippen LogP) is 4.63. The smallest absolute Gasteiger partial charge is 0.399 e. The number of halogens is 3. The van der Waals surface area contributed by atoms with Crippen LogP contribution in [0.2, 0.25) is 0 Å². The molecule has 4 nitrogen and oxygen atoms in total. The summed E-state index contributed by atoms with van der Waals surface area (Å²) in [5.74, 6) is 0. The average Bonchev–Trinajstić information content (AvgIpc) is 2.60. The van der Waals surface area contributed by atoms with E-state index in [0.717, 1.165) is 23.3 Å². The van der Waals surface area contributed by atoms with Crippen molar-refractivity contribution in [1.82, 2.24) is 0 Å². The van der Waals surface area contributed by atoms with Gasteiger partial charge in [-0.3, -0.25) is 0 Å². The first-order valence-corrected chi connectivity index (χ1v) is 7.40. The molecule has 0 aliphatic rings. The van der Waals surface area contributed by atoms with Gasteiger partial charge < -0.3 is 9.68 Å². The summed E-state index contributed by atoms with van der Waals surface area (Å²) in [6.07, 6.45) is -2.85. The Morgan fingerprint density at radius 2 is 1.88 bits per heavy atom. The molecule has 0 amide bonds. The second-order valence-electron chi connectivity index (χ2n) is 5.14. The maximum absolute atomic E-state index is 12.8. The summed E-state index contributed by atoms with van der Waals surface area (Å²) in [7, 11) is 1.44. The molecule has 0 saturated carbocycles. The molecule has 0 N–H and O–H groups in total. The number of hydrogen-bond acceptors (Lipinski definition) is 4. The summed E-state index contributed by atoms with van der Waals surface area (Å²) >= 11 is 0. The molecule has 7 heteroatoms. The Hall–Kier alpha value is -2.83. The standard InChI is InChI=1S/C18H17F3N2O2/c1-13(14-8-5-9-17(10-14)18(19,20)21)23-25-12-16-7-4-3-6-15(16)11-22-24-2/h3-11H,12H2,1-2H3/b22-11+,23-13+. The fraction of sp³-hybridized carbons (Fsp3) is 0.222. The lowest BCUT2D eigenvalue weighted by molar-refractivity contribution is -0.137. The van der Waals surface area contributed by atoms with Crippen molar-refractivity contribution in [3.05, 3.63) is 70.8 Å². The zero-order valence-corrected chi connectivity index (χ0v) is 13.7. The van der Waals surface area contributed by atoms with Crippen LogP contribution in [0.25, 0.3) is 0 Å². The molecule has 25 heavy (non-hydrogen) atoms. The molecule has 0 saturated heterocycles. The maximum atomic E-state index is 12.8. The van der Waals surface area contributed by atoms with Gasteiger partial charge in [0.05, 0.1) is 17.5 Å². The summed E-state index contributed by atoms with van der Waals surface area (Å²) in [5.41, 5.74) is 1.61. The van der Waals surface area contributed by atoms with Gasteiger partial charge in [-0.05, 0) is 24.6 Å². The molecule has 0 atom stereocenters. The minimum atomic E-state index is -4.39. The number of nitrogens with zero attached hydrogens (tertiary/aromatic N) is 2. The van der Waals surface area contributed by atoms with Crippen LogP contribution in [-0.4, -0.2) is 19.0 Å². The van der Waals surface area contributed by atoms with Crippen molar-refractivity contribution in [3.8, 4) is 0 Å². The monoisotopic (exact) mass is 350 g/mol. The van der Waals surface area contributed by atoms with E-state index in [1.807, 2.05) is 24.3 Å². The van der Waals surface area contributed by atoms with Crippen LogP contribution in [0.1, 0.15) is 29.2 Å². The highest BCUT2D eigenvalue weighted by Gasteiger charge is 2.30. The molecule has 0 aliphatic carbocycles. The third kappa shape index (κ3) is 5.34. The highest BCUT2D eigenvalue weighted by atomic mass is 19.4. The van der Waals surface area contributed by atoms with Gasteiger partial charge in [-0.1, -0.05) is 46.7 Å². The van der Waals surface area contributed by atoms with E-state index in [4.69, 9.17) is 4.84 Å². The Morgan fingerprint density at radius 1 is 1.12 bits per heavy atom. The molecule has 0 aromatic heterocycles. The fourth-order valence-electron chi connectivity index (χ4n) is 2.07. The number of alkyl halides is 3. The van der Waals surface area contributed by atoms with Crippen molar-refractivity contribution in [2.75, 3.05) is 7.11 Å². The molecular weight excluding hydrogens is 333 g/mol. The molecule has 0 radical (unpaired) electrons. The second kappa shape index (κ2) is 8.32. The predicted molar refractivity (Wildman–Crippen MR) is 89.5 cm³/mol. The quantitative estimate of drug-likeness (QED) is 0.563. The molecule has 2 aromatic rings. The third-order valence-corrected chi connectivity index (χ3v) is 3.38. The van der Waals surface area contributed by atoms with Gasteiger partial charge in [0.2, 0.25) is 0 Å². The SMILES string of the molecule is CO/N=C/c1ccccc1CO/N=C(\C)c1cccc(C(F)(F)F)c1. The van der Waals surface area contributed by atoms with Gasteiger partial charge >= 0.3 is 6.18 Å². The van der Waals surface area contributed by atoms with E-state index >= 15 is 0 Å². The highest BCUT2D eigenvalue weighted by Crippen LogP contribution is 2.29. The Balaban J connectivity index is 2.09. The first-order chi connectivity index (χ1) is 11.9. The zero-order chi connectivity index (χ0) is 18.3. The van der Waals surface area contributed by atoms with E-state index in [9.17, 15) is 13.2 Å². The van der Waals surface area contributed by atoms with Crippen LogP contribution in [0.4, 0.5) is 13.2 Å². The van der Waals surface area contributed by atoms with Crippen LogP contribution in [0.5, 0.6) is 0 Å². The molecule has 0 unspecified atom stereocenters. The van der Waals surface area contributed by atoms with Crippen molar-refractivity contribution in [2.45, 2.75) is 19.7 Å². The van der Waals surface area contributed by atoms with Crippen molar-refractivity contribution < 1.29 is 22.8 Å². The number of benzene rings is 2. The molecular formula is C18H17F3N2O2. The second-order valence-corrected chi connectivity index (χ2v) is 5.14. The Labute approximate surface area is 143 Å². The molecule has 0 heterocycles. The third-order valence-electron chi connectivity index (χ3n) is 3.38. The van der Waals surface area contributed by atoms with Gasteiger partial charge in [0.1, 0.15) is 13.7 Å². The van der Waals surface area contributed by atoms with Gasteiger partial charge in [-0.25, -0.2) is 0 Å². The van der Waals surface area contributed by atoms with Crippen LogP contribution < -0.4 is 0 Å². The van der Waals surface area contributed by atoms with Gasteiger partial charge in [-0.2, -0.15) is 13.2 Å². The minimum Gasteiger partial charge on any atom is -0.399 e. The van der Waals surface area contributed by atoms with Gasteiger partial charge in [0.25, 0.3) is 0 Å². The lowest BCUT2D eigenvalue weighted by Crippen LogP contribution is -2.07. The largest absolute Gasteiger partial charge is 0.416 e.